The molecule has 0 fully saturated rings. The number of benzene rings is 2. The first-order valence-electron chi connectivity index (χ1n) is 19.7. The van der Waals surface area contributed by atoms with Crippen LogP contribution in [0.1, 0.15) is 16.7 Å². The highest BCUT2D eigenvalue weighted by molar-refractivity contribution is 5.87. The highest BCUT2D eigenvalue weighted by atomic mass is 16.6. The van der Waals surface area contributed by atoms with Crippen molar-refractivity contribution in [2.45, 2.75) is 6.54 Å². The number of nitriles is 1. The molecule has 18 nitrogen and oxygen atoms in total. The third-order valence-corrected chi connectivity index (χ3v) is 8.48. The van der Waals surface area contributed by atoms with Gasteiger partial charge in [0.05, 0.1) is 130 Å². The summed E-state index contributed by atoms with van der Waals surface area (Å²) in [6, 6.07) is 16.1. The fourth-order valence-electron chi connectivity index (χ4n) is 5.39. The normalized spacial score (nSPS) is 11.5. The summed E-state index contributed by atoms with van der Waals surface area (Å²) in [5.74, 6) is -0.118. The summed E-state index contributed by atoms with van der Waals surface area (Å²) in [6.45, 7) is 8.07. The van der Waals surface area contributed by atoms with Crippen LogP contribution in [0.4, 0.5) is 0 Å². The lowest BCUT2D eigenvalue weighted by Gasteiger charge is -2.09. The largest absolute Gasteiger partial charge is 0.460 e. The van der Waals surface area contributed by atoms with E-state index < -0.39 is 17.2 Å². The molecule has 1 N–H and O–H groups in total. The van der Waals surface area contributed by atoms with E-state index in [2.05, 4.69) is 16.0 Å². The SMILES string of the molecule is COCCOCCOCCOCCOCCOCCOCCOCCOCCOC(=O)/C=C/c1ccc(-c2nc3c([nH]2)c(=O)n(C)c(=O)n3Cc2cccc(C#N)c2)cc1. The van der Waals surface area contributed by atoms with E-state index >= 15 is 0 Å². The molecule has 0 aliphatic rings. The van der Waals surface area contributed by atoms with Crippen molar-refractivity contribution in [2.24, 2.45) is 7.05 Å². The lowest BCUT2D eigenvalue weighted by atomic mass is 10.1. The number of hydrogen-bond acceptors (Lipinski definition) is 15. The lowest BCUT2D eigenvalue weighted by Crippen LogP contribution is -2.38. The van der Waals surface area contributed by atoms with Crippen LogP contribution in [0.2, 0.25) is 0 Å². The third-order valence-electron chi connectivity index (χ3n) is 8.48. The van der Waals surface area contributed by atoms with Crippen molar-refractivity contribution in [1.82, 2.24) is 19.1 Å². The van der Waals surface area contributed by atoms with E-state index in [1.807, 2.05) is 0 Å². The molecular formula is C42H55N5O13. The second-order valence-corrected chi connectivity index (χ2v) is 12.8. The minimum absolute atomic E-state index is 0.0902. The Labute approximate surface area is 348 Å². The standard InChI is InChI=1S/C42H55N5O13/c1-46-41(49)38-40(47(42(46)50)32-35-5-3-4-34(30-35)31-43)45-39(44-38)36-9-6-33(7-10-36)8-11-37(48)60-29-28-59-27-26-58-25-24-57-23-22-56-21-20-55-19-18-54-17-16-53-15-14-52-13-12-51-2/h3-11,30H,12-29,32H2,1-2H3,(H,44,45)/b11-8+. The molecule has 2 aromatic heterocycles. The molecule has 0 atom stereocenters. The van der Waals surface area contributed by atoms with Crippen LogP contribution in [-0.2, 0) is 65.8 Å². The van der Waals surface area contributed by atoms with Crippen LogP contribution in [0.25, 0.3) is 28.6 Å². The molecule has 60 heavy (non-hydrogen) atoms. The quantitative estimate of drug-likeness (QED) is 0.0426. The molecule has 0 radical (unpaired) electrons. The maximum Gasteiger partial charge on any atom is 0.332 e. The fraction of sp³-hybridized carbons (Fsp3) is 0.500. The molecular weight excluding hydrogens is 782 g/mol. The number of aromatic amines is 1. The predicted molar refractivity (Wildman–Crippen MR) is 220 cm³/mol. The predicted octanol–water partition coefficient (Wildman–Crippen LogP) is 2.35. The molecule has 0 aliphatic heterocycles. The van der Waals surface area contributed by atoms with Gasteiger partial charge in [0, 0.05) is 25.8 Å². The van der Waals surface area contributed by atoms with Crippen molar-refractivity contribution >= 4 is 23.2 Å². The summed E-state index contributed by atoms with van der Waals surface area (Å²) in [4.78, 5) is 45.9. The van der Waals surface area contributed by atoms with Crippen LogP contribution in [0.5, 0.6) is 0 Å². The molecule has 0 saturated heterocycles. The van der Waals surface area contributed by atoms with E-state index in [1.165, 1.54) is 17.7 Å². The van der Waals surface area contributed by atoms with Gasteiger partial charge >= 0.3 is 11.7 Å². The number of hydrogen-bond donors (Lipinski definition) is 1. The monoisotopic (exact) mass is 837 g/mol. The number of imidazole rings is 1. The minimum Gasteiger partial charge on any atom is -0.460 e. The molecule has 0 unspecified atom stereocenters. The van der Waals surface area contributed by atoms with Gasteiger partial charge in [-0.3, -0.25) is 13.9 Å². The molecule has 0 bridgehead atoms. The molecule has 0 amide bonds. The number of esters is 1. The van der Waals surface area contributed by atoms with E-state index in [0.29, 0.717) is 123 Å². The first-order chi connectivity index (χ1) is 29.4. The van der Waals surface area contributed by atoms with Crippen molar-refractivity contribution in [1.29, 1.82) is 5.26 Å². The van der Waals surface area contributed by atoms with Gasteiger partial charge in [-0.15, -0.1) is 0 Å². The summed E-state index contributed by atoms with van der Waals surface area (Å²) < 4.78 is 56.0. The van der Waals surface area contributed by atoms with Crippen molar-refractivity contribution in [3.05, 3.63) is 92.1 Å². The minimum atomic E-state index is -0.524. The molecule has 0 saturated carbocycles. The molecule has 0 aliphatic carbocycles. The van der Waals surface area contributed by atoms with Crippen molar-refractivity contribution in [3.8, 4) is 17.5 Å². The number of rotatable bonds is 32. The number of methoxy groups -OCH3 is 1. The van der Waals surface area contributed by atoms with Gasteiger partial charge < -0.3 is 52.4 Å². The Hall–Kier alpha value is -5.07. The zero-order chi connectivity index (χ0) is 42.6. The van der Waals surface area contributed by atoms with E-state index in [4.69, 9.17) is 47.4 Å². The number of aromatic nitrogens is 4. The maximum atomic E-state index is 13.1. The Morgan fingerprint density at radius 1 is 0.717 bits per heavy atom. The van der Waals surface area contributed by atoms with E-state index in [9.17, 15) is 19.6 Å². The summed E-state index contributed by atoms with van der Waals surface area (Å²) in [6.07, 6.45) is 2.94. The topological polar surface area (TPSA) is 206 Å². The van der Waals surface area contributed by atoms with Gasteiger partial charge in [0.25, 0.3) is 5.56 Å². The summed E-state index contributed by atoms with van der Waals surface area (Å²) in [7, 11) is 3.04. The Balaban J connectivity index is 0.989. The summed E-state index contributed by atoms with van der Waals surface area (Å²) in [5, 5.41) is 9.26. The van der Waals surface area contributed by atoms with Crippen LogP contribution >= 0.6 is 0 Å². The van der Waals surface area contributed by atoms with Gasteiger partial charge in [0.2, 0.25) is 0 Å². The van der Waals surface area contributed by atoms with Gasteiger partial charge in [-0.25, -0.2) is 14.6 Å². The molecule has 4 rings (SSSR count). The van der Waals surface area contributed by atoms with Crippen molar-refractivity contribution < 1.29 is 52.2 Å². The number of fused-ring (bicyclic) bond motifs is 1. The van der Waals surface area contributed by atoms with Crippen LogP contribution in [-0.4, -0.2) is 151 Å². The van der Waals surface area contributed by atoms with E-state index in [0.717, 1.165) is 15.7 Å². The van der Waals surface area contributed by atoms with Crippen molar-refractivity contribution in [2.75, 3.05) is 126 Å². The lowest BCUT2D eigenvalue weighted by molar-refractivity contribution is -0.139. The van der Waals surface area contributed by atoms with Gasteiger partial charge in [-0.2, -0.15) is 5.26 Å². The molecule has 0 spiro atoms. The molecule has 4 aromatic rings. The Morgan fingerprint density at radius 3 is 1.72 bits per heavy atom. The molecule has 18 heteroatoms. The average Bonchev–Trinajstić information content (AvgIpc) is 3.72. The van der Waals surface area contributed by atoms with Gasteiger partial charge in [-0.05, 0) is 29.3 Å². The number of H-pyrrole nitrogens is 1. The molecule has 2 heterocycles. The first kappa shape index (κ1) is 47.6. The smallest absolute Gasteiger partial charge is 0.332 e. The zero-order valence-corrected chi connectivity index (χ0v) is 34.3. The zero-order valence-electron chi connectivity index (χ0n) is 34.3. The fourth-order valence-corrected chi connectivity index (χ4v) is 5.39. The second kappa shape index (κ2) is 28.4. The maximum absolute atomic E-state index is 13.1. The average molecular weight is 838 g/mol. The highest BCUT2D eigenvalue weighted by Gasteiger charge is 2.17. The van der Waals surface area contributed by atoms with Crippen molar-refractivity contribution in [3.63, 3.8) is 0 Å². The highest BCUT2D eigenvalue weighted by Crippen LogP contribution is 2.20. The number of ether oxygens (including phenoxy) is 10. The Bertz CT molecular complexity index is 2040. The second-order valence-electron chi connectivity index (χ2n) is 12.8. The van der Waals surface area contributed by atoms with Gasteiger partial charge in [0.15, 0.2) is 5.65 Å². The number of carbonyl (C=O) groups is 1. The summed E-state index contributed by atoms with van der Waals surface area (Å²) in [5.41, 5.74) is 1.95. The van der Waals surface area contributed by atoms with Crippen LogP contribution in [0.3, 0.4) is 0 Å². The molecule has 2 aromatic carbocycles. The van der Waals surface area contributed by atoms with Gasteiger partial charge in [-0.1, -0.05) is 36.4 Å². The Kier molecular flexibility index (Phi) is 22.5. The third kappa shape index (κ3) is 17.3. The van der Waals surface area contributed by atoms with Crippen LogP contribution < -0.4 is 11.2 Å². The van der Waals surface area contributed by atoms with Crippen LogP contribution in [0.15, 0.2) is 64.2 Å². The molecule has 326 valence electrons. The Morgan fingerprint density at radius 2 is 1.22 bits per heavy atom. The number of carbonyl (C=O) groups excluding carboxylic acids is 1. The first-order valence-corrected chi connectivity index (χ1v) is 19.7. The van der Waals surface area contributed by atoms with E-state index in [1.54, 1.807) is 61.7 Å². The van der Waals surface area contributed by atoms with Crippen LogP contribution in [0, 0.1) is 11.3 Å². The summed E-state index contributed by atoms with van der Waals surface area (Å²) >= 11 is 0. The number of nitrogens with zero attached hydrogens (tertiary/aromatic N) is 4. The van der Waals surface area contributed by atoms with Gasteiger partial charge in [0.1, 0.15) is 17.9 Å². The van der Waals surface area contributed by atoms with E-state index in [-0.39, 0.29) is 30.9 Å². The number of nitrogens with one attached hydrogen (secondary N) is 1.